The number of benzene rings is 1. The lowest BCUT2D eigenvalue weighted by Gasteiger charge is -2.30. The van der Waals surface area contributed by atoms with Gasteiger partial charge >= 0.3 is 0 Å². The summed E-state index contributed by atoms with van der Waals surface area (Å²) in [6.45, 7) is 5.34. The van der Waals surface area contributed by atoms with Gasteiger partial charge in [0.2, 0.25) is 5.91 Å². The quantitative estimate of drug-likeness (QED) is 0.599. The first-order chi connectivity index (χ1) is 13.6. The van der Waals surface area contributed by atoms with Crippen LogP contribution in [0, 0.1) is 11.8 Å². The van der Waals surface area contributed by atoms with Crippen LogP contribution in [0.5, 0.6) is 0 Å². The Morgan fingerprint density at radius 3 is 2.61 bits per heavy atom. The second kappa shape index (κ2) is 10.4. The van der Waals surface area contributed by atoms with Crippen molar-refractivity contribution < 1.29 is 4.79 Å². The second-order valence-electron chi connectivity index (χ2n) is 9.17. The van der Waals surface area contributed by atoms with E-state index in [2.05, 4.69) is 36.9 Å². The molecule has 0 spiro atoms. The number of nitrogens with zero attached hydrogens (tertiary/aromatic N) is 1. The van der Waals surface area contributed by atoms with Crippen LogP contribution in [0.2, 0.25) is 0 Å². The molecular weight excluding hydrogens is 344 g/mol. The summed E-state index contributed by atoms with van der Waals surface area (Å²) in [4.78, 5) is 15.2. The Morgan fingerprint density at radius 1 is 1.14 bits per heavy atom. The molecule has 1 heterocycles. The number of anilines is 1. The lowest BCUT2D eigenvalue weighted by molar-refractivity contribution is -0.123. The topological polar surface area (TPSA) is 46.3 Å². The standard InChI is InChI=1S/C25H40N2O/c1-3-5-7-19-9-12-21(13-10-19)25(28)27-16-15-22-17-20(11-14-24(22)27)18-23(26)8-6-4-2/h11,14,17,19,21,23H,3-10,12-13,15-16,18,26H2,1-2H3. The summed E-state index contributed by atoms with van der Waals surface area (Å²) in [6, 6.07) is 6.92. The molecule has 1 aromatic rings. The number of unbranched alkanes of at least 4 members (excludes halogenated alkanes) is 2. The molecule has 28 heavy (non-hydrogen) atoms. The zero-order valence-electron chi connectivity index (χ0n) is 18.1. The van der Waals surface area contributed by atoms with Crippen LogP contribution in [0.15, 0.2) is 18.2 Å². The zero-order chi connectivity index (χ0) is 19.9. The highest BCUT2D eigenvalue weighted by Gasteiger charge is 2.32. The van der Waals surface area contributed by atoms with Crippen molar-refractivity contribution in [2.24, 2.45) is 17.6 Å². The molecule has 2 N–H and O–H groups in total. The minimum absolute atomic E-state index is 0.242. The Bertz CT molecular complexity index is 633. The van der Waals surface area contributed by atoms with Crippen molar-refractivity contribution in [3.05, 3.63) is 29.3 Å². The van der Waals surface area contributed by atoms with Crippen LogP contribution >= 0.6 is 0 Å². The molecule has 0 radical (unpaired) electrons. The molecule has 1 aliphatic carbocycles. The summed E-state index contributed by atoms with van der Waals surface area (Å²) in [5.74, 6) is 1.47. The molecule has 156 valence electrons. The molecule has 0 aromatic heterocycles. The van der Waals surface area contributed by atoms with Gasteiger partial charge in [-0.15, -0.1) is 0 Å². The predicted octanol–water partition coefficient (Wildman–Crippen LogP) is 5.63. The fraction of sp³-hybridized carbons (Fsp3) is 0.720. The monoisotopic (exact) mass is 384 g/mol. The van der Waals surface area contributed by atoms with E-state index in [1.165, 1.54) is 56.1 Å². The first-order valence-corrected chi connectivity index (χ1v) is 11.8. The number of fused-ring (bicyclic) bond motifs is 1. The van der Waals surface area contributed by atoms with Gasteiger partial charge in [0.15, 0.2) is 0 Å². The highest BCUT2D eigenvalue weighted by Crippen LogP contribution is 2.36. The highest BCUT2D eigenvalue weighted by molar-refractivity contribution is 5.97. The maximum absolute atomic E-state index is 13.2. The van der Waals surface area contributed by atoms with E-state index >= 15 is 0 Å². The molecule has 1 unspecified atom stereocenters. The summed E-state index contributed by atoms with van der Waals surface area (Å²) < 4.78 is 0. The smallest absolute Gasteiger partial charge is 0.230 e. The second-order valence-corrected chi connectivity index (χ2v) is 9.17. The third kappa shape index (κ3) is 5.37. The Morgan fingerprint density at radius 2 is 1.89 bits per heavy atom. The molecule has 0 saturated heterocycles. The lowest BCUT2D eigenvalue weighted by atomic mass is 9.79. The number of rotatable bonds is 9. The number of hydrogen-bond donors (Lipinski definition) is 1. The fourth-order valence-electron chi connectivity index (χ4n) is 5.09. The van der Waals surface area contributed by atoms with Crippen LogP contribution < -0.4 is 10.6 Å². The zero-order valence-corrected chi connectivity index (χ0v) is 18.1. The van der Waals surface area contributed by atoms with E-state index in [1.54, 1.807) is 0 Å². The van der Waals surface area contributed by atoms with Gasteiger partial charge in [-0.3, -0.25) is 4.79 Å². The molecule has 3 rings (SSSR count). The summed E-state index contributed by atoms with van der Waals surface area (Å²) in [5.41, 5.74) is 10.1. The largest absolute Gasteiger partial charge is 0.327 e. The van der Waals surface area contributed by atoms with Gasteiger partial charge in [-0.25, -0.2) is 0 Å². The van der Waals surface area contributed by atoms with Crippen LogP contribution in [0.25, 0.3) is 0 Å². The van der Waals surface area contributed by atoms with Gasteiger partial charge in [-0.2, -0.15) is 0 Å². The first kappa shape index (κ1) is 21.4. The third-order valence-corrected chi connectivity index (χ3v) is 6.89. The Labute approximate surface area is 172 Å². The Hall–Kier alpha value is -1.35. The third-order valence-electron chi connectivity index (χ3n) is 6.89. The van der Waals surface area contributed by atoms with E-state index in [4.69, 9.17) is 5.73 Å². The van der Waals surface area contributed by atoms with Crippen molar-refractivity contribution in [1.29, 1.82) is 0 Å². The summed E-state index contributed by atoms with van der Waals surface area (Å²) in [5, 5.41) is 0. The van der Waals surface area contributed by atoms with E-state index in [0.717, 1.165) is 50.3 Å². The molecule has 2 aliphatic rings. The first-order valence-electron chi connectivity index (χ1n) is 11.8. The van der Waals surface area contributed by atoms with Crippen LogP contribution in [-0.4, -0.2) is 18.5 Å². The van der Waals surface area contributed by atoms with Crippen LogP contribution in [-0.2, 0) is 17.6 Å². The Balaban J connectivity index is 1.56. The number of hydrogen-bond acceptors (Lipinski definition) is 2. The van der Waals surface area contributed by atoms with Gasteiger partial charge in [0.25, 0.3) is 0 Å². The molecule has 1 atom stereocenters. The molecule has 1 amide bonds. The van der Waals surface area contributed by atoms with Gasteiger partial charge in [0.05, 0.1) is 0 Å². The average Bonchev–Trinajstić information content (AvgIpc) is 3.13. The minimum Gasteiger partial charge on any atom is -0.327 e. The van der Waals surface area contributed by atoms with E-state index in [1.807, 2.05) is 0 Å². The minimum atomic E-state index is 0.242. The highest BCUT2D eigenvalue weighted by atomic mass is 16.2. The van der Waals surface area contributed by atoms with E-state index in [-0.39, 0.29) is 12.0 Å². The molecular formula is C25H40N2O. The van der Waals surface area contributed by atoms with Crippen LogP contribution in [0.4, 0.5) is 5.69 Å². The van der Waals surface area contributed by atoms with Crippen molar-refractivity contribution in [2.45, 2.75) is 96.9 Å². The van der Waals surface area contributed by atoms with Crippen molar-refractivity contribution in [3.8, 4) is 0 Å². The van der Waals surface area contributed by atoms with Crippen LogP contribution in [0.3, 0.4) is 0 Å². The van der Waals surface area contributed by atoms with E-state index < -0.39 is 0 Å². The molecule has 1 fully saturated rings. The molecule has 3 heteroatoms. The maximum atomic E-state index is 13.2. The number of carbonyl (C=O) groups excluding carboxylic acids is 1. The maximum Gasteiger partial charge on any atom is 0.230 e. The molecule has 1 aliphatic heterocycles. The number of carbonyl (C=O) groups is 1. The molecule has 1 saturated carbocycles. The van der Waals surface area contributed by atoms with Crippen LogP contribution in [0.1, 0.15) is 89.2 Å². The van der Waals surface area contributed by atoms with Crippen molar-refractivity contribution in [2.75, 3.05) is 11.4 Å². The number of nitrogens with two attached hydrogens (primary N) is 1. The predicted molar refractivity (Wildman–Crippen MR) is 119 cm³/mol. The van der Waals surface area contributed by atoms with Gasteiger partial charge in [-0.1, -0.05) is 58.1 Å². The van der Waals surface area contributed by atoms with Crippen molar-refractivity contribution in [3.63, 3.8) is 0 Å². The van der Waals surface area contributed by atoms with Crippen molar-refractivity contribution in [1.82, 2.24) is 0 Å². The number of amides is 1. The van der Waals surface area contributed by atoms with E-state index in [9.17, 15) is 4.79 Å². The summed E-state index contributed by atoms with van der Waals surface area (Å²) in [7, 11) is 0. The van der Waals surface area contributed by atoms with Crippen molar-refractivity contribution >= 4 is 11.6 Å². The summed E-state index contributed by atoms with van der Waals surface area (Å²) >= 11 is 0. The Kier molecular flexibility index (Phi) is 7.96. The van der Waals surface area contributed by atoms with Gasteiger partial charge in [-0.05, 0) is 68.1 Å². The lowest BCUT2D eigenvalue weighted by Crippen LogP contribution is -2.36. The van der Waals surface area contributed by atoms with Gasteiger partial charge < -0.3 is 10.6 Å². The molecule has 3 nitrogen and oxygen atoms in total. The SMILES string of the molecule is CCCCC(N)Cc1ccc2c(c1)CCN2C(=O)C1CCC(CCCC)CC1. The van der Waals surface area contributed by atoms with E-state index in [0.29, 0.717) is 5.91 Å². The normalized spacial score (nSPS) is 22.9. The summed E-state index contributed by atoms with van der Waals surface area (Å²) in [6.07, 6.45) is 14.1. The van der Waals surface area contributed by atoms with Gasteiger partial charge in [0.1, 0.15) is 0 Å². The van der Waals surface area contributed by atoms with Gasteiger partial charge in [0, 0.05) is 24.2 Å². The molecule has 0 bridgehead atoms. The fourth-order valence-corrected chi connectivity index (χ4v) is 5.09. The molecule has 1 aromatic carbocycles. The average molecular weight is 385 g/mol.